The molecule has 7 aromatic rings. The van der Waals surface area contributed by atoms with Crippen molar-refractivity contribution in [2.45, 2.75) is 6.85 Å². The van der Waals surface area contributed by atoms with Crippen molar-refractivity contribution < 1.29 is 34.3 Å². The fourth-order valence-corrected chi connectivity index (χ4v) is 4.49. The van der Waals surface area contributed by atoms with Gasteiger partial charge in [0, 0.05) is 32.6 Å². The molecule has 0 saturated heterocycles. The Bertz CT molecular complexity index is 2000. The first-order chi connectivity index (χ1) is 18.4. The van der Waals surface area contributed by atoms with Crippen molar-refractivity contribution in [3.8, 4) is 22.8 Å². The topological polar surface area (TPSA) is 48.2 Å². The molecule has 0 bridgehead atoms. The second-order valence-electron chi connectivity index (χ2n) is 8.31. The zero-order valence-electron chi connectivity index (χ0n) is 21.7. The van der Waals surface area contributed by atoms with Crippen LogP contribution >= 0.6 is 0 Å². The Labute approximate surface area is 226 Å². The van der Waals surface area contributed by atoms with Crippen molar-refractivity contribution in [1.82, 2.24) is 9.97 Å². The first kappa shape index (κ1) is 19.2. The van der Waals surface area contributed by atoms with Crippen LogP contribution in [0.5, 0.6) is 11.5 Å². The summed E-state index contributed by atoms with van der Waals surface area (Å²) in [7, 11) is 0. The quantitative estimate of drug-likeness (QED) is 0.144. The van der Waals surface area contributed by atoms with Crippen LogP contribution in [0.4, 0.5) is 0 Å². The Morgan fingerprint density at radius 3 is 2.56 bits per heavy atom. The molecule has 0 N–H and O–H groups in total. The summed E-state index contributed by atoms with van der Waals surface area (Å²) < 4.78 is 34.8. The number of furan rings is 1. The molecule has 0 atom stereocenters. The Balaban J connectivity index is 0.00000277. The maximum absolute atomic E-state index is 7.53. The minimum Gasteiger partial charge on any atom is -0.497 e. The van der Waals surface area contributed by atoms with E-state index in [0.29, 0.717) is 22.8 Å². The van der Waals surface area contributed by atoms with E-state index in [4.69, 9.17) is 18.3 Å². The van der Waals surface area contributed by atoms with E-state index in [1.807, 2.05) is 42.5 Å². The van der Waals surface area contributed by atoms with Crippen LogP contribution in [0.15, 0.2) is 95.7 Å². The number of aryl methyl sites for hydroxylation is 1. The van der Waals surface area contributed by atoms with Crippen LogP contribution < -0.4 is 4.74 Å². The number of hydrogen-bond acceptors (Lipinski definition) is 4. The molecule has 174 valence electrons. The van der Waals surface area contributed by atoms with E-state index in [2.05, 4.69) is 35.3 Å². The maximum atomic E-state index is 7.53. The molecule has 0 spiro atoms. The van der Waals surface area contributed by atoms with E-state index in [9.17, 15) is 0 Å². The van der Waals surface area contributed by atoms with Crippen LogP contribution in [0.3, 0.4) is 0 Å². The Morgan fingerprint density at radius 2 is 1.67 bits per heavy atom. The van der Waals surface area contributed by atoms with E-state index in [-0.39, 0.29) is 26.6 Å². The van der Waals surface area contributed by atoms with Crippen molar-refractivity contribution in [3.05, 3.63) is 109 Å². The molecule has 0 amide bonds. The van der Waals surface area contributed by atoms with E-state index in [1.165, 1.54) is 6.20 Å². The fraction of sp³-hybridized carbons (Fsp3) is 0.0323. The minimum atomic E-state index is -2.19. The largest absolute Gasteiger partial charge is 2.00 e. The molecule has 5 heteroatoms. The third-order valence-corrected chi connectivity index (χ3v) is 6.10. The Kier molecular flexibility index (Phi) is 4.74. The van der Waals surface area contributed by atoms with Crippen LogP contribution in [0.25, 0.3) is 54.9 Å². The normalized spacial score (nSPS) is 12.8. The maximum Gasteiger partial charge on any atom is 2.00 e. The number of para-hydroxylation sites is 1. The molecule has 0 radical (unpaired) electrons. The van der Waals surface area contributed by atoms with Gasteiger partial charge in [0.05, 0.1) is 6.20 Å². The SMILES string of the molecule is [2H]C([2H])([2H])c1ccc(-c2[c-]c(Oc3[c-]c4c(cc3)ccc3c4ncc4oc5ccccc5c43)ccc2)nc1.[Pt+2]. The summed E-state index contributed by atoms with van der Waals surface area (Å²) in [4.78, 5) is 9.03. The number of aromatic nitrogens is 2. The summed E-state index contributed by atoms with van der Waals surface area (Å²) in [6, 6.07) is 31.3. The summed E-state index contributed by atoms with van der Waals surface area (Å²) >= 11 is 0. The first-order valence-electron chi connectivity index (χ1n) is 12.7. The van der Waals surface area contributed by atoms with Crippen LogP contribution in [0.1, 0.15) is 9.68 Å². The third-order valence-electron chi connectivity index (χ3n) is 6.10. The molecular formula is C31H18N2O2Pt. The zero-order valence-corrected chi connectivity index (χ0v) is 21.0. The zero-order chi connectivity index (χ0) is 25.9. The van der Waals surface area contributed by atoms with Gasteiger partial charge in [0.25, 0.3) is 0 Å². The summed E-state index contributed by atoms with van der Waals surface area (Å²) in [5, 5.41) is 4.93. The molecule has 36 heavy (non-hydrogen) atoms. The van der Waals surface area contributed by atoms with Gasteiger partial charge < -0.3 is 19.1 Å². The minimum absolute atomic E-state index is 0. The van der Waals surface area contributed by atoms with Gasteiger partial charge in [-0.25, -0.2) is 0 Å². The molecule has 0 aliphatic rings. The van der Waals surface area contributed by atoms with Crippen LogP contribution in [0, 0.1) is 19.0 Å². The van der Waals surface area contributed by atoms with Gasteiger partial charge in [-0.3, -0.25) is 0 Å². The smallest absolute Gasteiger partial charge is 0.497 e. The number of nitrogens with zero attached hydrogens (tertiary/aromatic N) is 2. The molecule has 0 aliphatic carbocycles. The molecule has 0 saturated carbocycles. The predicted octanol–water partition coefficient (Wildman–Crippen LogP) is 8.05. The van der Waals surface area contributed by atoms with Crippen LogP contribution in [-0.2, 0) is 21.1 Å². The van der Waals surface area contributed by atoms with E-state index < -0.39 is 6.85 Å². The Morgan fingerprint density at radius 1 is 0.778 bits per heavy atom. The second-order valence-corrected chi connectivity index (χ2v) is 8.31. The molecule has 4 nitrogen and oxygen atoms in total. The van der Waals surface area contributed by atoms with Gasteiger partial charge in [-0.2, -0.15) is 0 Å². The number of hydrogen-bond donors (Lipinski definition) is 0. The Hall–Kier alpha value is -4.01. The monoisotopic (exact) mass is 648 g/mol. The molecule has 0 fully saturated rings. The summed E-state index contributed by atoms with van der Waals surface area (Å²) in [6.07, 6.45) is 3.14. The summed E-state index contributed by atoms with van der Waals surface area (Å²) in [5.74, 6) is 1.03. The van der Waals surface area contributed by atoms with Crippen molar-refractivity contribution in [3.63, 3.8) is 0 Å². The molecule has 0 aliphatic heterocycles. The van der Waals surface area contributed by atoms with Gasteiger partial charge in [-0.15, -0.1) is 46.7 Å². The standard InChI is InChI=1S/C31H18N2O2.Pt/c1-19-9-14-27(32-17-19)21-5-4-6-22(15-21)34-23-12-10-20-11-13-25-30-24-7-2-3-8-28(24)35-29(30)18-33-31(25)26(20)16-23;/h2-14,17-18H,1H3;/q-2;+2/i1D3;. The number of rotatable bonds is 3. The summed E-state index contributed by atoms with van der Waals surface area (Å²) in [5.41, 5.74) is 3.90. The molecular weight excluding hydrogens is 627 g/mol. The predicted molar refractivity (Wildman–Crippen MR) is 139 cm³/mol. The summed E-state index contributed by atoms with van der Waals surface area (Å²) in [6.45, 7) is -2.19. The van der Waals surface area contributed by atoms with E-state index in [0.717, 1.165) is 43.6 Å². The van der Waals surface area contributed by atoms with Crippen molar-refractivity contribution in [1.29, 1.82) is 0 Å². The van der Waals surface area contributed by atoms with Gasteiger partial charge in [0.2, 0.25) is 0 Å². The number of benzene rings is 4. The van der Waals surface area contributed by atoms with Gasteiger partial charge in [-0.1, -0.05) is 54.6 Å². The second kappa shape index (κ2) is 8.89. The number of fused-ring (bicyclic) bond motifs is 7. The van der Waals surface area contributed by atoms with Gasteiger partial charge in [0.15, 0.2) is 5.58 Å². The molecule has 3 heterocycles. The average molecular weight is 649 g/mol. The molecule has 7 rings (SSSR count). The van der Waals surface area contributed by atoms with Crippen molar-refractivity contribution in [2.24, 2.45) is 0 Å². The van der Waals surface area contributed by atoms with Gasteiger partial charge in [-0.05, 0) is 35.1 Å². The van der Waals surface area contributed by atoms with E-state index >= 15 is 0 Å². The van der Waals surface area contributed by atoms with Crippen molar-refractivity contribution >= 4 is 43.6 Å². The molecule has 4 aromatic carbocycles. The van der Waals surface area contributed by atoms with Crippen molar-refractivity contribution in [2.75, 3.05) is 0 Å². The van der Waals surface area contributed by atoms with Gasteiger partial charge >= 0.3 is 21.1 Å². The third kappa shape index (κ3) is 3.75. The molecule has 3 aromatic heterocycles. The fourth-order valence-electron chi connectivity index (χ4n) is 4.49. The van der Waals surface area contributed by atoms with Crippen LogP contribution in [-0.4, -0.2) is 9.97 Å². The van der Waals surface area contributed by atoms with E-state index in [1.54, 1.807) is 24.4 Å². The van der Waals surface area contributed by atoms with Crippen LogP contribution in [0.2, 0.25) is 0 Å². The number of ether oxygens (including phenoxy) is 1. The molecule has 0 unspecified atom stereocenters. The van der Waals surface area contributed by atoms with Gasteiger partial charge in [0.1, 0.15) is 5.58 Å². The average Bonchev–Trinajstić information content (AvgIpc) is 3.32. The number of pyridine rings is 2. The first-order valence-corrected chi connectivity index (χ1v) is 11.2.